The summed E-state index contributed by atoms with van der Waals surface area (Å²) in [5, 5.41) is 35.5. The molecule has 7 rings (SSSR count). The number of phenols is 2. The van der Waals surface area contributed by atoms with E-state index in [1.807, 2.05) is 27.7 Å². The van der Waals surface area contributed by atoms with Gasteiger partial charge in [0.05, 0.1) is 35.7 Å². The molecular formula is C46H42N2O12. The highest BCUT2D eigenvalue weighted by Gasteiger charge is 2.54. The van der Waals surface area contributed by atoms with Gasteiger partial charge in [-0.1, -0.05) is 33.8 Å². The van der Waals surface area contributed by atoms with E-state index in [-0.39, 0.29) is 105 Å². The Balaban J connectivity index is 1.09. The maximum atomic E-state index is 13.7. The molecule has 0 aliphatic carbocycles. The number of carboxylic acids is 1. The van der Waals surface area contributed by atoms with Crippen molar-refractivity contribution in [2.45, 2.75) is 46.1 Å². The van der Waals surface area contributed by atoms with Crippen LogP contribution in [0.3, 0.4) is 0 Å². The van der Waals surface area contributed by atoms with Gasteiger partial charge in [-0.15, -0.1) is 0 Å². The lowest BCUT2D eigenvalue weighted by atomic mass is 9.77. The van der Waals surface area contributed by atoms with E-state index in [0.29, 0.717) is 23.3 Å². The van der Waals surface area contributed by atoms with Crippen molar-refractivity contribution >= 4 is 40.9 Å². The summed E-state index contributed by atoms with van der Waals surface area (Å²) in [4.78, 5) is 65.5. The minimum absolute atomic E-state index is 0.00193. The first-order valence-electron chi connectivity index (χ1n) is 19.3. The van der Waals surface area contributed by atoms with E-state index in [4.69, 9.17) is 18.9 Å². The average molecular weight is 815 g/mol. The lowest BCUT2D eigenvalue weighted by Gasteiger charge is -2.36. The van der Waals surface area contributed by atoms with Crippen LogP contribution in [0.5, 0.6) is 34.5 Å². The number of carbonyl (C=O) groups excluding carboxylic acids is 4. The lowest BCUT2D eigenvalue weighted by Crippen LogP contribution is -2.33. The van der Waals surface area contributed by atoms with Gasteiger partial charge in [0.2, 0.25) is 5.91 Å². The number of ether oxygens (including phenoxy) is 4. The molecule has 1 spiro atoms. The second kappa shape index (κ2) is 16.5. The van der Waals surface area contributed by atoms with Gasteiger partial charge in [0.15, 0.2) is 11.4 Å². The van der Waals surface area contributed by atoms with E-state index < -0.39 is 29.4 Å². The van der Waals surface area contributed by atoms with Crippen LogP contribution in [0.1, 0.15) is 98.7 Å². The van der Waals surface area contributed by atoms with Gasteiger partial charge < -0.3 is 44.9 Å². The zero-order valence-corrected chi connectivity index (χ0v) is 33.2. The van der Waals surface area contributed by atoms with Crippen molar-refractivity contribution in [3.63, 3.8) is 0 Å². The maximum Gasteiger partial charge on any atom is 0.340 e. The number of hydrogen-bond donors (Lipinski definition) is 5. The van der Waals surface area contributed by atoms with Gasteiger partial charge in [0, 0.05) is 52.8 Å². The molecule has 2 heterocycles. The van der Waals surface area contributed by atoms with Gasteiger partial charge in [-0.3, -0.25) is 14.4 Å². The molecule has 2 amide bonds. The normalized spacial score (nSPS) is 13.1. The molecule has 14 nitrogen and oxygen atoms in total. The first kappa shape index (κ1) is 40.8. The third-order valence-corrected chi connectivity index (χ3v) is 9.81. The topological polar surface area (TPSA) is 207 Å². The number of aromatic hydroxyl groups is 2. The van der Waals surface area contributed by atoms with Crippen molar-refractivity contribution < 1.29 is 58.2 Å². The number of esters is 1. The average Bonchev–Trinajstić information content (AvgIpc) is 3.49. The van der Waals surface area contributed by atoms with Crippen molar-refractivity contribution in [2.75, 3.05) is 23.8 Å². The molecule has 0 unspecified atom stereocenters. The molecule has 0 atom stereocenters. The number of rotatable bonds is 14. The van der Waals surface area contributed by atoms with Crippen LogP contribution in [0, 0.1) is 11.8 Å². The second-order valence-electron chi connectivity index (χ2n) is 15.4. The summed E-state index contributed by atoms with van der Waals surface area (Å²) < 4.78 is 23.9. The number of Topliss-reactive ketones (excluding diaryl/α,β-unsaturated/α-hetero) is 1. The molecule has 5 aromatic carbocycles. The fourth-order valence-electron chi connectivity index (χ4n) is 6.93. The van der Waals surface area contributed by atoms with Gasteiger partial charge in [-0.2, -0.15) is 0 Å². The van der Waals surface area contributed by atoms with E-state index in [9.17, 15) is 39.3 Å². The number of nitrogens with one attached hydrogen (secondary N) is 2. The van der Waals surface area contributed by atoms with Crippen LogP contribution in [0.25, 0.3) is 0 Å². The zero-order valence-electron chi connectivity index (χ0n) is 33.2. The molecule has 0 fully saturated rings. The molecule has 0 aromatic heterocycles. The second-order valence-corrected chi connectivity index (χ2v) is 15.4. The number of ketones is 1. The standard InChI is InChI=1S/C46H42N2O12/c1-24(2)22-57-40-18-27(43(53)48-36-14-7-28(44(54)55)19-41(36)58-23-25(3)4)6-13-35(40)47-42(52)16-15-37(51)26-5-10-31-34(17-26)46(60-45(31)56)32-11-8-29(49)20-38(32)59-39-21-30(50)9-12-33(39)46/h5-14,17-21,24-25,49-50H,15-16,22-23H2,1-4H3,(H,47,52)(H,48,53)(H,54,55). The largest absolute Gasteiger partial charge is 0.508 e. The highest BCUT2D eigenvalue weighted by atomic mass is 16.6. The quantitative estimate of drug-likeness (QED) is 0.0530. The van der Waals surface area contributed by atoms with Crippen molar-refractivity contribution in [3.05, 3.63) is 130 Å². The Labute approximate surface area is 344 Å². The van der Waals surface area contributed by atoms with E-state index in [1.165, 1.54) is 72.8 Å². The van der Waals surface area contributed by atoms with Gasteiger partial charge in [-0.25, -0.2) is 9.59 Å². The van der Waals surface area contributed by atoms with Crippen LogP contribution in [-0.4, -0.2) is 58.1 Å². The number of fused-ring (bicyclic) bond motifs is 6. The first-order valence-corrected chi connectivity index (χ1v) is 19.3. The van der Waals surface area contributed by atoms with Crippen LogP contribution in [0.4, 0.5) is 11.4 Å². The molecule has 308 valence electrons. The Hall–Kier alpha value is -7.35. The van der Waals surface area contributed by atoms with Gasteiger partial charge >= 0.3 is 11.9 Å². The highest BCUT2D eigenvalue weighted by molar-refractivity contribution is 6.07. The van der Waals surface area contributed by atoms with Crippen LogP contribution < -0.4 is 24.8 Å². The molecule has 0 saturated heterocycles. The number of aromatic carboxylic acids is 1. The van der Waals surface area contributed by atoms with Crippen LogP contribution in [0.15, 0.2) is 91.0 Å². The summed E-state index contributed by atoms with van der Waals surface area (Å²) >= 11 is 0. The van der Waals surface area contributed by atoms with Crippen molar-refractivity contribution in [2.24, 2.45) is 11.8 Å². The molecule has 2 aliphatic rings. The number of carboxylic acid groups (broad SMARTS) is 1. The smallest absolute Gasteiger partial charge is 0.340 e. The summed E-state index contributed by atoms with van der Waals surface area (Å²) in [5.74, 6) is -2.32. The monoisotopic (exact) mass is 814 g/mol. The van der Waals surface area contributed by atoms with Gasteiger partial charge in [0.1, 0.15) is 34.5 Å². The minimum Gasteiger partial charge on any atom is -0.508 e. The minimum atomic E-state index is -1.56. The Morgan fingerprint density at radius 1 is 0.650 bits per heavy atom. The molecule has 0 bridgehead atoms. The fraction of sp³-hybridized carbons (Fsp3) is 0.239. The molecule has 0 radical (unpaired) electrons. The predicted octanol–water partition coefficient (Wildman–Crippen LogP) is 8.29. The summed E-state index contributed by atoms with van der Waals surface area (Å²) in [6.45, 7) is 8.33. The predicted molar refractivity (Wildman–Crippen MR) is 219 cm³/mol. The van der Waals surface area contributed by atoms with Crippen molar-refractivity contribution in [1.29, 1.82) is 0 Å². The van der Waals surface area contributed by atoms with E-state index in [0.717, 1.165) is 0 Å². The SMILES string of the molecule is CC(C)COc1cc(C(=O)Nc2ccc(C(=O)O)cc2OCC(C)C)ccc1NC(=O)CCC(=O)c1ccc2c(c1)C1(OC2=O)c2ccc(O)cc2Oc2cc(O)ccc21. The number of benzene rings is 5. The summed E-state index contributed by atoms with van der Waals surface area (Å²) in [7, 11) is 0. The van der Waals surface area contributed by atoms with Crippen LogP contribution in [-0.2, 0) is 15.1 Å². The Bertz CT molecular complexity index is 2510. The summed E-state index contributed by atoms with van der Waals surface area (Å²) in [6, 6.07) is 22.0. The molecule has 0 saturated carbocycles. The van der Waals surface area contributed by atoms with E-state index >= 15 is 0 Å². The number of carbonyl (C=O) groups is 5. The Morgan fingerprint density at radius 2 is 1.20 bits per heavy atom. The molecule has 5 N–H and O–H groups in total. The lowest BCUT2D eigenvalue weighted by molar-refractivity contribution is -0.116. The third kappa shape index (κ3) is 8.17. The van der Waals surface area contributed by atoms with E-state index in [2.05, 4.69) is 10.6 Å². The number of anilines is 2. The zero-order chi connectivity index (χ0) is 42.9. The molecular weight excluding hydrogens is 773 g/mol. The summed E-state index contributed by atoms with van der Waals surface area (Å²) in [5.41, 5.74) is 0.794. The number of phenolic OH excluding ortho intramolecular Hbond substituents is 2. The molecule has 2 aliphatic heterocycles. The number of amides is 2. The van der Waals surface area contributed by atoms with Gasteiger partial charge in [0.25, 0.3) is 5.91 Å². The van der Waals surface area contributed by atoms with Crippen molar-refractivity contribution in [1.82, 2.24) is 0 Å². The molecule has 14 heteroatoms. The fourth-order valence-corrected chi connectivity index (χ4v) is 6.93. The Morgan fingerprint density at radius 3 is 1.78 bits per heavy atom. The maximum absolute atomic E-state index is 13.7. The Kier molecular flexibility index (Phi) is 11.2. The van der Waals surface area contributed by atoms with Crippen molar-refractivity contribution in [3.8, 4) is 34.5 Å². The molecule has 60 heavy (non-hydrogen) atoms. The highest BCUT2D eigenvalue weighted by Crippen LogP contribution is 2.57. The van der Waals surface area contributed by atoms with Crippen LogP contribution >= 0.6 is 0 Å². The van der Waals surface area contributed by atoms with Crippen LogP contribution in [0.2, 0.25) is 0 Å². The number of hydrogen-bond acceptors (Lipinski definition) is 11. The third-order valence-electron chi connectivity index (χ3n) is 9.81. The summed E-state index contributed by atoms with van der Waals surface area (Å²) in [6.07, 6.45) is -0.416. The van der Waals surface area contributed by atoms with E-state index in [1.54, 1.807) is 18.2 Å². The first-order chi connectivity index (χ1) is 28.6. The van der Waals surface area contributed by atoms with Gasteiger partial charge in [-0.05, 0) is 84.6 Å². The molecule has 5 aromatic rings.